The van der Waals surface area contributed by atoms with Gasteiger partial charge in [-0.25, -0.2) is 0 Å². The van der Waals surface area contributed by atoms with Crippen molar-refractivity contribution in [3.8, 4) is 11.5 Å². The molecule has 1 aromatic rings. The number of rotatable bonds is 2. The van der Waals surface area contributed by atoms with E-state index in [-0.39, 0.29) is 11.5 Å². The van der Waals surface area contributed by atoms with Crippen LogP contribution in [0.25, 0.3) is 0 Å². The van der Waals surface area contributed by atoms with Crippen molar-refractivity contribution in [3.63, 3.8) is 0 Å². The third kappa shape index (κ3) is 2.49. The van der Waals surface area contributed by atoms with Gasteiger partial charge in [-0.3, -0.25) is 0 Å². The molecule has 16 heavy (non-hydrogen) atoms. The van der Waals surface area contributed by atoms with Gasteiger partial charge in [0.15, 0.2) is 11.5 Å². The van der Waals surface area contributed by atoms with E-state index < -0.39 is 16.1 Å². The third-order valence-electron chi connectivity index (χ3n) is 2.71. The van der Waals surface area contributed by atoms with Crippen LogP contribution in [0.3, 0.4) is 0 Å². The van der Waals surface area contributed by atoms with E-state index in [0.29, 0.717) is 0 Å². The highest BCUT2D eigenvalue weighted by Crippen LogP contribution is 2.24. The van der Waals surface area contributed by atoms with Crippen molar-refractivity contribution in [3.05, 3.63) is 12.1 Å². The van der Waals surface area contributed by atoms with Gasteiger partial charge in [0.05, 0.1) is 16.1 Å². The lowest BCUT2D eigenvalue weighted by Crippen LogP contribution is -2.56. The van der Waals surface area contributed by atoms with Gasteiger partial charge in [-0.15, -0.1) is 0 Å². The first-order valence-electron chi connectivity index (χ1n) is 5.61. The fraction of sp³-hybridized carbons (Fsp3) is 0.500. The monoisotopic (exact) mass is 254 g/mol. The lowest BCUT2D eigenvalue weighted by atomic mass is 10.3. The van der Waals surface area contributed by atoms with Crippen molar-refractivity contribution < 1.29 is 10.2 Å². The molecule has 0 unspecified atom stereocenters. The van der Waals surface area contributed by atoms with E-state index in [0.717, 1.165) is 5.19 Å². The average molecular weight is 254 g/mol. The summed E-state index contributed by atoms with van der Waals surface area (Å²) < 4.78 is 0. The van der Waals surface area contributed by atoms with Crippen LogP contribution in [-0.2, 0) is 0 Å². The fourth-order valence-electron chi connectivity index (χ4n) is 1.96. The van der Waals surface area contributed by atoms with Gasteiger partial charge in [-0.1, -0.05) is 50.5 Å². The van der Waals surface area contributed by atoms with Crippen molar-refractivity contribution >= 4 is 26.5 Å². The maximum absolute atomic E-state index is 10.1. The Morgan fingerprint density at radius 3 is 1.69 bits per heavy atom. The van der Waals surface area contributed by atoms with E-state index in [2.05, 4.69) is 39.3 Å². The maximum Gasteiger partial charge on any atom is 0.157 e. The summed E-state index contributed by atoms with van der Waals surface area (Å²) in [4.78, 5) is 0. The Bertz CT molecular complexity index is 401. The molecule has 2 N–H and O–H groups in total. The van der Waals surface area contributed by atoms with Crippen LogP contribution in [0.4, 0.5) is 0 Å². The molecule has 2 nitrogen and oxygen atoms in total. The molecule has 0 spiro atoms. The molecule has 0 bridgehead atoms. The Kier molecular flexibility index (Phi) is 3.27. The molecule has 0 amide bonds. The summed E-state index contributed by atoms with van der Waals surface area (Å²) in [6.45, 7) is 13.4. The van der Waals surface area contributed by atoms with E-state index >= 15 is 0 Å². The maximum atomic E-state index is 10.1. The minimum atomic E-state index is -1.64. The Balaban J connectivity index is 3.59. The lowest BCUT2D eigenvalue weighted by molar-refractivity contribution is 0.407. The van der Waals surface area contributed by atoms with Gasteiger partial charge in [-0.2, -0.15) is 0 Å². The summed E-state index contributed by atoms with van der Waals surface area (Å²) in [7, 11) is -3.12. The van der Waals surface area contributed by atoms with Crippen molar-refractivity contribution in [2.45, 2.75) is 39.3 Å². The van der Waals surface area contributed by atoms with Crippen LogP contribution >= 0.6 is 0 Å². The quantitative estimate of drug-likeness (QED) is 0.627. The molecule has 1 aromatic carbocycles. The average Bonchev–Trinajstić information content (AvgIpc) is 2.05. The number of phenolic OH excluding ortho intramolecular Hbond substituents is 2. The summed E-state index contributed by atoms with van der Waals surface area (Å²) in [5.74, 6) is 0.124. The number of hydrogen-bond donors (Lipinski definition) is 2. The zero-order valence-corrected chi connectivity index (χ0v) is 13.0. The van der Waals surface area contributed by atoms with Gasteiger partial charge >= 0.3 is 0 Å². The predicted molar refractivity (Wildman–Crippen MR) is 75.7 cm³/mol. The molecule has 90 valence electrons. The van der Waals surface area contributed by atoms with E-state index in [4.69, 9.17) is 0 Å². The second-order valence-electron chi connectivity index (χ2n) is 6.36. The third-order valence-corrected chi connectivity index (χ3v) is 7.00. The van der Waals surface area contributed by atoms with Crippen molar-refractivity contribution in [1.29, 1.82) is 0 Å². The minimum absolute atomic E-state index is 0.0134. The zero-order valence-electron chi connectivity index (χ0n) is 11.0. The second kappa shape index (κ2) is 3.93. The first-order chi connectivity index (χ1) is 7.05. The summed E-state index contributed by atoms with van der Waals surface area (Å²) in [6.07, 6.45) is 0. The summed E-state index contributed by atoms with van der Waals surface area (Å²) in [5, 5.41) is 22.0. The Morgan fingerprint density at radius 2 is 1.31 bits per heavy atom. The summed E-state index contributed by atoms with van der Waals surface area (Å²) in [5.41, 5.74) is 0. The molecule has 0 radical (unpaired) electrons. The number of phenols is 2. The van der Waals surface area contributed by atoms with Crippen LogP contribution in [0.2, 0.25) is 39.3 Å². The highest BCUT2D eigenvalue weighted by atomic mass is 28.3. The number of benzene rings is 1. The van der Waals surface area contributed by atoms with Crippen LogP contribution in [0, 0.1) is 0 Å². The largest absolute Gasteiger partial charge is 0.504 e. The topological polar surface area (TPSA) is 40.5 Å². The number of aromatic hydroxyl groups is 2. The molecule has 0 aromatic heterocycles. The lowest BCUT2D eigenvalue weighted by Gasteiger charge is -2.28. The van der Waals surface area contributed by atoms with Crippen molar-refractivity contribution in [2.75, 3.05) is 0 Å². The van der Waals surface area contributed by atoms with Crippen LogP contribution in [0.5, 0.6) is 11.5 Å². The Labute approximate surface area is 100.0 Å². The van der Waals surface area contributed by atoms with Crippen LogP contribution in [0.1, 0.15) is 0 Å². The second-order valence-corrected chi connectivity index (χ2v) is 16.4. The predicted octanol–water partition coefficient (Wildman–Crippen LogP) is 2.19. The van der Waals surface area contributed by atoms with E-state index in [1.165, 1.54) is 5.19 Å². The van der Waals surface area contributed by atoms with Gasteiger partial charge in [-0.05, 0) is 11.3 Å². The highest BCUT2D eigenvalue weighted by molar-refractivity contribution is 6.99. The molecule has 0 fully saturated rings. The molecular weight excluding hydrogens is 232 g/mol. The molecule has 0 atom stereocenters. The van der Waals surface area contributed by atoms with Crippen LogP contribution < -0.4 is 10.4 Å². The molecule has 1 rings (SSSR count). The summed E-state index contributed by atoms with van der Waals surface area (Å²) >= 11 is 0. The van der Waals surface area contributed by atoms with E-state index in [1.807, 2.05) is 6.07 Å². The fourth-order valence-corrected chi connectivity index (χ4v) is 7.40. The molecule has 0 heterocycles. The van der Waals surface area contributed by atoms with Crippen molar-refractivity contribution in [1.82, 2.24) is 0 Å². The highest BCUT2D eigenvalue weighted by Gasteiger charge is 2.31. The molecular formula is C12H22O2Si2. The first-order valence-corrected chi connectivity index (χ1v) is 12.6. The first kappa shape index (κ1) is 13.3. The standard InChI is InChI=1S/C12H22O2Si2/c1-15(2,3)10-8-7-9(13)11(14)12(10)16(4,5)6/h7-8,13-14H,1-6H3. The molecule has 0 saturated carbocycles. The van der Waals surface area contributed by atoms with Crippen LogP contribution in [0.15, 0.2) is 12.1 Å². The molecule has 4 heteroatoms. The summed E-state index contributed by atoms with van der Waals surface area (Å²) in [6, 6.07) is 3.61. The Hall–Kier alpha value is -0.746. The molecule has 0 aliphatic carbocycles. The normalized spacial score (nSPS) is 12.9. The number of hydrogen-bond acceptors (Lipinski definition) is 2. The molecule has 0 saturated heterocycles. The zero-order chi connectivity index (χ0) is 12.7. The van der Waals surface area contributed by atoms with E-state index in [1.54, 1.807) is 6.07 Å². The smallest absolute Gasteiger partial charge is 0.157 e. The van der Waals surface area contributed by atoms with Gasteiger partial charge in [0.25, 0.3) is 0 Å². The van der Waals surface area contributed by atoms with Gasteiger partial charge in [0.2, 0.25) is 0 Å². The molecule has 0 aliphatic heterocycles. The van der Waals surface area contributed by atoms with E-state index in [9.17, 15) is 10.2 Å². The van der Waals surface area contributed by atoms with Gasteiger partial charge in [0.1, 0.15) is 0 Å². The van der Waals surface area contributed by atoms with Gasteiger partial charge < -0.3 is 10.2 Å². The molecule has 0 aliphatic rings. The SMILES string of the molecule is C[Si](C)(C)c1ccc(O)c(O)c1[Si](C)(C)C. The minimum Gasteiger partial charge on any atom is -0.504 e. The Morgan fingerprint density at radius 1 is 0.812 bits per heavy atom. The van der Waals surface area contributed by atoms with Gasteiger partial charge in [0, 0.05) is 0 Å². The van der Waals surface area contributed by atoms with Crippen molar-refractivity contribution in [2.24, 2.45) is 0 Å². The van der Waals surface area contributed by atoms with Crippen LogP contribution in [-0.4, -0.2) is 26.4 Å².